The third kappa shape index (κ3) is 3.68. The molecule has 0 amide bonds. The Morgan fingerprint density at radius 1 is 1.43 bits per heavy atom. The minimum Gasteiger partial charge on any atom is -0.423 e. The van der Waals surface area contributed by atoms with Crippen molar-refractivity contribution in [1.82, 2.24) is 0 Å². The van der Waals surface area contributed by atoms with E-state index in [1.165, 1.54) is 0 Å². The summed E-state index contributed by atoms with van der Waals surface area (Å²) in [6, 6.07) is 6.85. The lowest BCUT2D eigenvalue weighted by atomic mass is 9.80. The van der Waals surface area contributed by atoms with E-state index in [1.54, 1.807) is 24.3 Å². The molecule has 14 heavy (non-hydrogen) atoms. The molecule has 0 aliphatic heterocycles. The Hall–Kier alpha value is -0.545. The molecule has 0 atom stereocenters. The number of rotatable bonds is 5. The maximum Gasteiger partial charge on any atom is 0.491 e. The zero-order valence-electron chi connectivity index (χ0n) is 7.69. The molecule has 5 heteroatoms. The summed E-state index contributed by atoms with van der Waals surface area (Å²) >= 11 is 5.74. The quantitative estimate of drug-likeness (QED) is 0.552. The predicted molar refractivity (Wildman–Crippen MR) is 56.7 cm³/mol. The molecule has 1 aromatic carbocycles. The SMILES string of the molecule is OCCCOB(O)c1cccc(Cl)c1. The lowest BCUT2D eigenvalue weighted by Gasteiger charge is -2.07. The molecule has 0 bridgehead atoms. The van der Waals surface area contributed by atoms with Gasteiger partial charge in [-0.05, 0) is 24.0 Å². The Balaban J connectivity index is 2.47. The summed E-state index contributed by atoms with van der Waals surface area (Å²) in [5, 5.41) is 18.6. The van der Waals surface area contributed by atoms with Crippen LogP contribution in [0.25, 0.3) is 0 Å². The van der Waals surface area contributed by atoms with Crippen LogP contribution in [0, 0.1) is 0 Å². The van der Waals surface area contributed by atoms with Crippen LogP contribution in [-0.4, -0.2) is 30.5 Å². The second-order valence-corrected chi connectivity index (χ2v) is 3.29. The van der Waals surface area contributed by atoms with E-state index in [2.05, 4.69) is 0 Å². The monoisotopic (exact) mass is 214 g/mol. The van der Waals surface area contributed by atoms with Crippen LogP contribution in [0.4, 0.5) is 0 Å². The lowest BCUT2D eigenvalue weighted by molar-refractivity contribution is 0.216. The Morgan fingerprint density at radius 3 is 2.86 bits per heavy atom. The number of aliphatic hydroxyl groups excluding tert-OH is 1. The van der Waals surface area contributed by atoms with E-state index >= 15 is 0 Å². The van der Waals surface area contributed by atoms with Gasteiger partial charge in [0, 0.05) is 18.2 Å². The third-order valence-electron chi connectivity index (χ3n) is 1.71. The van der Waals surface area contributed by atoms with Crippen molar-refractivity contribution in [3.8, 4) is 0 Å². The molecular formula is C9H12BClO3. The van der Waals surface area contributed by atoms with Gasteiger partial charge in [0.1, 0.15) is 0 Å². The summed E-state index contributed by atoms with van der Waals surface area (Å²) in [6.07, 6.45) is 0.512. The summed E-state index contributed by atoms with van der Waals surface area (Å²) in [6.45, 7) is 0.381. The van der Waals surface area contributed by atoms with Gasteiger partial charge in [-0.1, -0.05) is 23.7 Å². The molecule has 0 heterocycles. The van der Waals surface area contributed by atoms with Crippen LogP contribution in [0.1, 0.15) is 6.42 Å². The molecule has 1 rings (SSSR count). The maximum absolute atomic E-state index is 9.51. The van der Waals surface area contributed by atoms with E-state index in [-0.39, 0.29) is 6.61 Å². The molecule has 0 aliphatic carbocycles. The van der Waals surface area contributed by atoms with Gasteiger partial charge in [-0.2, -0.15) is 0 Å². The van der Waals surface area contributed by atoms with Crippen molar-refractivity contribution in [2.75, 3.05) is 13.2 Å². The van der Waals surface area contributed by atoms with Crippen molar-refractivity contribution in [1.29, 1.82) is 0 Å². The zero-order valence-corrected chi connectivity index (χ0v) is 8.44. The number of halogens is 1. The topological polar surface area (TPSA) is 49.7 Å². The highest BCUT2D eigenvalue weighted by atomic mass is 35.5. The standard InChI is InChI=1S/C9H12BClO3/c11-9-4-1-3-8(7-9)10(13)14-6-2-5-12/h1,3-4,7,12-13H,2,5-6H2. The molecular weight excluding hydrogens is 202 g/mol. The molecule has 76 valence electrons. The van der Waals surface area contributed by atoms with Crippen LogP contribution >= 0.6 is 11.6 Å². The number of hydrogen-bond donors (Lipinski definition) is 2. The van der Waals surface area contributed by atoms with Crippen LogP contribution in [0.3, 0.4) is 0 Å². The number of benzene rings is 1. The molecule has 0 aliphatic rings. The molecule has 0 aromatic heterocycles. The fourth-order valence-electron chi connectivity index (χ4n) is 1.02. The third-order valence-corrected chi connectivity index (χ3v) is 1.95. The molecule has 0 radical (unpaired) electrons. The number of hydrogen-bond acceptors (Lipinski definition) is 3. The van der Waals surface area contributed by atoms with Crippen LogP contribution in [0.15, 0.2) is 24.3 Å². The molecule has 0 saturated carbocycles. The highest BCUT2D eigenvalue weighted by molar-refractivity contribution is 6.60. The molecule has 0 saturated heterocycles. The van der Waals surface area contributed by atoms with Gasteiger partial charge >= 0.3 is 7.12 Å². The van der Waals surface area contributed by atoms with E-state index < -0.39 is 7.12 Å². The zero-order chi connectivity index (χ0) is 10.4. The fourth-order valence-corrected chi connectivity index (χ4v) is 1.21. The van der Waals surface area contributed by atoms with Crippen molar-refractivity contribution in [2.45, 2.75) is 6.42 Å². The van der Waals surface area contributed by atoms with Gasteiger partial charge in [-0.3, -0.25) is 0 Å². The van der Waals surface area contributed by atoms with Crippen molar-refractivity contribution < 1.29 is 14.8 Å². The van der Waals surface area contributed by atoms with Crippen molar-refractivity contribution >= 4 is 24.2 Å². The van der Waals surface area contributed by atoms with Gasteiger partial charge in [-0.15, -0.1) is 0 Å². The summed E-state index contributed by atoms with van der Waals surface area (Å²) in [5.74, 6) is 0. The highest BCUT2D eigenvalue weighted by Crippen LogP contribution is 2.04. The van der Waals surface area contributed by atoms with Gasteiger partial charge < -0.3 is 14.8 Å². The van der Waals surface area contributed by atoms with Gasteiger partial charge in [0.2, 0.25) is 0 Å². The smallest absolute Gasteiger partial charge is 0.423 e. The first-order chi connectivity index (χ1) is 6.74. The first kappa shape index (κ1) is 11.5. The van der Waals surface area contributed by atoms with Crippen LogP contribution in [0.5, 0.6) is 0 Å². The average Bonchev–Trinajstić information content (AvgIpc) is 2.18. The average molecular weight is 214 g/mol. The molecule has 0 fully saturated rings. The van der Waals surface area contributed by atoms with Crippen LogP contribution in [-0.2, 0) is 4.65 Å². The predicted octanol–water partition coefficient (Wildman–Crippen LogP) is 0.426. The first-order valence-corrected chi connectivity index (χ1v) is 4.78. The minimum atomic E-state index is -0.972. The van der Waals surface area contributed by atoms with Crippen LogP contribution in [0.2, 0.25) is 5.02 Å². The normalized spacial score (nSPS) is 10.2. The summed E-state index contributed by atoms with van der Waals surface area (Å²) in [5.41, 5.74) is 0.621. The molecule has 2 N–H and O–H groups in total. The van der Waals surface area contributed by atoms with Crippen molar-refractivity contribution in [3.63, 3.8) is 0 Å². The van der Waals surface area contributed by atoms with Gasteiger partial charge in [0.25, 0.3) is 0 Å². The Morgan fingerprint density at radius 2 is 2.21 bits per heavy atom. The largest absolute Gasteiger partial charge is 0.491 e. The summed E-state index contributed by atoms with van der Waals surface area (Å²) < 4.78 is 5.06. The Bertz CT molecular complexity index is 283. The fraction of sp³-hybridized carbons (Fsp3) is 0.333. The van der Waals surface area contributed by atoms with Crippen molar-refractivity contribution in [2.24, 2.45) is 0 Å². The Kier molecular flexibility index (Phi) is 4.97. The van der Waals surface area contributed by atoms with Crippen molar-refractivity contribution in [3.05, 3.63) is 29.3 Å². The minimum absolute atomic E-state index is 0.0578. The number of aliphatic hydroxyl groups is 1. The summed E-state index contributed by atoms with van der Waals surface area (Å²) in [7, 11) is -0.972. The molecule has 3 nitrogen and oxygen atoms in total. The maximum atomic E-state index is 9.51. The van der Waals surface area contributed by atoms with E-state index in [0.717, 1.165) is 0 Å². The van der Waals surface area contributed by atoms with Gasteiger partial charge in [-0.25, -0.2) is 0 Å². The van der Waals surface area contributed by atoms with E-state index in [1.807, 2.05) is 0 Å². The lowest BCUT2D eigenvalue weighted by Crippen LogP contribution is -2.33. The second-order valence-electron chi connectivity index (χ2n) is 2.86. The molecule has 1 aromatic rings. The first-order valence-electron chi connectivity index (χ1n) is 4.40. The molecule has 0 spiro atoms. The Labute approximate surface area is 88.4 Å². The van der Waals surface area contributed by atoms with Gasteiger partial charge in [0.05, 0.1) is 0 Å². The van der Waals surface area contributed by atoms with Gasteiger partial charge in [0.15, 0.2) is 0 Å². The second kappa shape index (κ2) is 6.04. The van der Waals surface area contributed by atoms with E-state index in [0.29, 0.717) is 23.5 Å². The molecule has 0 unspecified atom stereocenters. The van der Waals surface area contributed by atoms with E-state index in [9.17, 15) is 5.02 Å². The summed E-state index contributed by atoms with van der Waals surface area (Å²) in [4.78, 5) is 0. The van der Waals surface area contributed by atoms with E-state index in [4.69, 9.17) is 21.4 Å². The highest BCUT2D eigenvalue weighted by Gasteiger charge is 2.15. The van der Waals surface area contributed by atoms with Crippen LogP contribution < -0.4 is 5.46 Å².